The highest BCUT2D eigenvalue weighted by Crippen LogP contribution is 2.30. The van der Waals surface area contributed by atoms with E-state index in [1.54, 1.807) is 6.92 Å². The van der Waals surface area contributed by atoms with Gasteiger partial charge in [0, 0.05) is 13.1 Å². The maximum atomic E-state index is 12.7. The Balaban J connectivity index is 2.44. The van der Waals surface area contributed by atoms with E-state index in [4.69, 9.17) is 4.74 Å². The van der Waals surface area contributed by atoms with Crippen molar-refractivity contribution < 1.29 is 27.8 Å². The van der Waals surface area contributed by atoms with Crippen molar-refractivity contribution in [3.8, 4) is 11.5 Å². The van der Waals surface area contributed by atoms with E-state index in [0.717, 1.165) is 16.9 Å². The van der Waals surface area contributed by atoms with Gasteiger partial charge in [0.25, 0.3) is 0 Å². The Morgan fingerprint density at radius 2 is 2.08 bits per heavy atom. The quantitative estimate of drug-likeness (QED) is 0.845. The summed E-state index contributed by atoms with van der Waals surface area (Å²) in [7, 11) is 0. The van der Waals surface area contributed by atoms with Crippen molar-refractivity contribution in [3.05, 3.63) is 41.7 Å². The predicted octanol–water partition coefficient (Wildman–Crippen LogP) is 3.59. The zero-order valence-corrected chi connectivity index (χ0v) is 13.0. The van der Waals surface area contributed by atoms with Gasteiger partial charge in [-0.2, -0.15) is 18.3 Å². The maximum Gasteiger partial charge on any atom is 0.435 e. The lowest BCUT2D eigenvalue weighted by Crippen LogP contribution is -2.10. The lowest BCUT2D eigenvalue weighted by molar-refractivity contribution is -0.141. The van der Waals surface area contributed by atoms with Crippen LogP contribution in [0.3, 0.4) is 0 Å². The van der Waals surface area contributed by atoms with E-state index in [1.165, 1.54) is 31.2 Å². The number of ether oxygens (including phenoxy) is 1. The van der Waals surface area contributed by atoms with Gasteiger partial charge < -0.3 is 9.84 Å². The fourth-order valence-corrected chi connectivity index (χ4v) is 1.99. The molecular formula is C16H15F3N2O3. The molecule has 0 aliphatic rings. The summed E-state index contributed by atoms with van der Waals surface area (Å²) in [5.41, 5.74) is -0.653. The van der Waals surface area contributed by atoms with Crippen LogP contribution in [0.25, 0.3) is 11.8 Å². The predicted molar refractivity (Wildman–Crippen MR) is 81.4 cm³/mol. The minimum atomic E-state index is -4.59. The number of aromatic hydroxyl groups is 1. The first-order valence-electron chi connectivity index (χ1n) is 7.04. The highest BCUT2D eigenvalue weighted by Gasteiger charge is 2.34. The molecular weight excluding hydrogens is 325 g/mol. The second kappa shape index (κ2) is 6.77. The smallest absolute Gasteiger partial charge is 0.435 e. The number of aromatic nitrogens is 2. The van der Waals surface area contributed by atoms with Gasteiger partial charge in [-0.25, -0.2) is 4.68 Å². The van der Waals surface area contributed by atoms with Gasteiger partial charge in [-0.3, -0.25) is 4.79 Å². The Morgan fingerprint density at radius 3 is 2.62 bits per heavy atom. The fourth-order valence-electron chi connectivity index (χ4n) is 1.99. The molecule has 0 saturated carbocycles. The first-order valence-corrected chi connectivity index (χ1v) is 7.04. The number of nitrogens with zero attached hydrogens (tertiary/aromatic N) is 2. The second-order valence-electron chi connectivity index (χ2n) is 4.89. The van der Waals surface area contributed by atoms with Crippen molar-refractivity contribution >= 4 is 17.6 Å². The van der Waals surface area contributed by atoms with Crippen LogP contribution >= 0.6 is 0 Å². The summed E-state index contributed by atoms with van der Waals surface area (Å²) < 4.78 is 44.1. The van der Waals surface area contributed by atoms with Crippen LogP contribution in [0.15, 0.2) is 30.5 Å². The summed E-state index contributed by atoms with van der Waals surface area (Å²) in [6.07, 6.45) is -2.15. The third-order valence-corrected chi connectivity index (χ3v) is 3.07. The molecule has 1 aromatic carbocycles. The number of ketones is 1. The Hall–Kier alpha value is -2.77. The lowest BCUT2D eigenvalue weighted by Gasteiger charge is -2.08. The van der Waals surface area contributed by atoms with E-state index >= 15 is 0 Å². The fraction of sp³-hybridized carbons (Fsp3) is 0.250. The van der Waals surface area contributed by atoms with Crippen LogP contribution in [-0.4, -0.2) is 27.3 Å². The molecule has 2 rings (SSSR count). The van der Waals surface area contributed by atoms with Crippen LogP contribution in [0.2, 0.25) is 0 Å². The van der Waals surface area contributed by atoms with Gasteiger partial charge in [0.05, 0.1) is 6.61 Å². The molecule has 8 heteroatoms. The first kappa shape index (κ1) is 17.6. The molecule has 1 N–H and O–H groups in total. The highest BCUT2D eigenvalue weighted by atomic mass is 19.4. The van der Waals surface area contributed by atoms with Crippen LogP contribution < -0.4 is 4.74 Å². The molecule has 5 nitrogen and oxygen atoms in total. The molecule has 2 aromatic rings. The van der Waals surface area contributed by atoms with Gasteiger partial charge in [-0.15, -0.1) is 0 Å². The summed E-state index contributed by atoms with van der Waals surface area (Å²) in [6, 6.07) is 5.16. The third-order valence-electron chi connectivity index (χ3n) is 3.07. The van der Waals surface area contributed by atoms with Crippen molar-refractivity contribution in [2.24, 2.45) is 0 Å². The van der Waals surface area contributed by atoms with Crippen LogP contribution in [0.1, 0.15) is 25.1 Å². The average molecular weight is 340 g/mol. The number of carbonyl (C=O) groups is 1. The van der Waals surface area contributed by atoms with E-state index in [-0.39, 0.29) is 17.2 Å². The van der Waals surface area contributed by atoms with Crippen molar-refractivity contribution in [2.45, 2.75) is 20.0 Å². The number of phenolic OH excluding ortho intramolecular Hbond substituents is 1. The Bertz CT molecular complexity index is 779. The highest BCUT2D eigenvalue weighted by molar-refractivity contribution is 6.18. The normalized spacial score (nSPS) is 12.3. The molecule has 128 valence electrons. The number of rotatable bonds is 5. The van der Waals surface area contributed by atoms with Crippen LogP contribution in [0.4, 0.5) is 13.2 Å². The molecule has 0 aliphatic heterocycles. The van der Waals surface area contributed by atoms with Gasteiger partial charge in [-0.1, -0.05) is 6.07 Å². The molecule has 1 aromatic heterocycles. The SMILES string of the molecule is CCOc1cc(C=C(C(C)=O)n2ccc(C(F)(F)F)n2)ccc1O. The molecule has 0 atom stereocenters. The molecule has 0 unspecified atom stereocenters. The number of halogens is 3. The van der Waals surface area contributed by atoms with Crippen molar-refractivity contribution in [3.63, 3.8) is 0 Å². The number of Topliss-reactive ketones (excluding diaryl/α,β-unsaturated/α-hetero) is 1. The van der Waals surface area contributed by atoms with Gasteiger partial charge in [-0.05, 0) is 36.8 Å². The molecule has 24 heavy (non-hydrogen) atoms. The van der Waals surface area contributed by atoms with E-state index in [1.807, 2.05) is 0 Å². The number of benzene rings is 1. The standard InChI is InChI=1S/C16H15F3N2O3/c1-3-24-14-9-11(4-5-13(14)23)8-12(10(2)22)21-7-6-15(20-21)16(17,18)19/h4-9,23H,3H2,1-2H3. The summed E-state index contributed by atoms with van der Waals surface area (Å²) in [4.78, 5) is 11.8. The van der Waals surface area contributed by atoms with Crippen LogP contribution in [0, 0.1) is 0 Å². The minimum absolute atomic E-state index is 0.0429. The van der Waals surface area contributed by atoms with E-state index in [2.05, 4.69) is 5.10 Å². The molecule has 1 heterocycles. The van der Waals surface area contributed by atoms with Crippen molar-refractivity contribution in [2.75, 3.05) is 6.61 Å². The third kappa shape index (κ3) is 3.95. The zero-order chi connectivity index (χ0) is 17.9. The van der Waals surface area contributed by atoms with Crippen LogP contribution in [0.5, 0.6) is 11.5 Å². The second-order valence-corrected chi connectivity index (χ2v) is 4.89. The number of hydrogen-bond acceptors (Lipinski definition) is 4. The van der Waals surface area contributed by atoms with E-state index in [0.29, 0.717) is 12.2 Å². The molecule has 0 amide bonds. The lowest BCUT2D eigenvalue weighted by atomic mass is 10.1. The van der Waals surface area contributed by atoms with Crippen molar-refractivity contribution in [1.29, 1.82) is 0 Å². The minimum Gasteiger partial charge on any atom is -0.504 e. The van der Waals surface area contributed by atoms with Gasteiger partial charge in [0.2, 0.25) is 0 Å². The maximum absolute atomic E-state index is 12.7. The summed E-state index contributed by atoms with van der Waals surface area (Å²) in [5, 5.41) is 13.1. The molecule has 0 radical (unpaired) electrons. The number of hydrogen-bond donors (Lipinski definition) is 1. The van der Waals surface area contributed by atoms with Gasteiger partial charge >= 0.3 is 6.18 Å². The van der Waals surface area contributed by atoms with E-state index < -0.39 is 17.7 Å². The monoisotopic (exact) mass is 340 g/mol. The number of phenols is 1. The summed E-state index contributed by atoms with van der Waals surface area (Å²) >= 11 is 0. The molecule has 0 bridgehead atoms. The van der Waals surface area contributed by atoms with E-state index in [9.17, 15) is 23.1 Å². The Morgan fingerprint density at radius 1 is 1.38 bits per heavy atom. The van der Waals surface area contributed by atoms with Gasteiger partial charge in [0.15, 0.2) is 23.0 Å². The van der Waals surface area contributed by atoms with Gasteiger partial charge in [0.1, 0.15) is 5.70 Å². The summed E-state index contributed by atoms with van der Waals surface area (Å²) in [6.45, 7) is 3.30. The molecule has 0 fully saturated rings. The molecule has 0 spiro atoms. The Kier molecular flexibility index (Phi) is 4.96. The molecule has 0 aliphatic carbocycles. The first-order chi connectivity index (χ1) is 11.2. The Labute approximate surface area is 136 Å². The van der Waals surface area contributed by atoms with Crippen LogP contribution in [-0.2, 0) is 11.0 Å². The zero-order valence-electron chi connectivity index (χ0n) is 13.0. The number of carbonyl (C=O) groups excluding carboxylic acids is 1. The number of alkyl halides is 3. The summed E-state index contributed by atoms with van der Waals surface area (Å²) in [5.74, 6) is -0.319. The molecule has 0 saturated heterocycles. The van der Waals surface area contributed by atoms with Crippen molar-refractivity contribution in [1.82, 2.24) is 9.78 Å². The largest absolute Gasteiger partial charge is 0.504 e. The average Bonchev–Trinajstić information content (AvgIpc) is 2.97. The number of allylic oxidation sites excluding steroid dienone is 1. The topological polar surface area (TPSA) is 64.4 Å².